The van der Waals surface area contributed by atoms with Gasteiger partial charge in [0, 0.05) is 38.1 Å². The van der Waals surface area contributed by atoms with Crippen LogP contribution in [-0.2, 0) is 17.9 Å². The van der Waals surface area contributed by atoms with Gasteiger partial charge in [-0.3, -0.25) is 4.90 Å². The molecule has 1 spiro atoms. The molecule has 2 aliphatic heterocycles. The Morgan fingerprint density at radius 1 is 0.972 bits per heavy atom. The van der Waals surface area contributed by atoms with Crippen molar-refractivity contribution >= 4 is 12.0 Å². The fourth-order valence-electron chi connectivity index (χ4n) is 4.31. The number of hydrogen-bond donors (Lipinski definition) is 2. The molecule has 5 rings (SSSR count). The zero-order valence-electron chi connectivity index (χ0n) is 19.2. The van der Waals surface area contributed by atoms with Crippen molar-refractivity contribution < 1.29 is 27.9 Å². The van der Waals surface area contributed by atoms with E-state index in [4.69, 9.17) is 9.90 Å². The van der Waals surface area contributed by atoms with Crippen molar-refractivity contribution in [3.8, 4) is 5.69 Å². The highest BCUT2D eigenvalue weighted by molar-refractivity contribution is 5.75. The second kappa shape index (κ2) is 10.4. The Labute approximate surface area is 205 Å². The van der Waals surface area contributed by atoms with Crippen molar-refractivity contribution in [2.75, 3.05) is 26.2 Å². The van der Waals surface area contributed by atoms with E-state index in [2.05, 4.69) is 44.6 Å². The summed E-state index contributed by atoms with van der Waals surface area (Å²) in [5.41, 5.74) is 2.59. The first-order valence-electron chi connectivity index (χ1n) is 11.2. The monoisotopic (exact) mass is 502 g/mol. The fraction of sp³-hybridized carbons (Fsp3) is 0.333. The highest BCUT2D eigenvalue weighted by Gasteiger charge is 2.52. The molecule has 2 saturated heterocycles. The Kier molecular flexibility index (Phi) is 7.25. The van der Waals surface area contributed by atoms with Crippen molar-refractivity contribution in [3.63, 3.8) is 0 Å². The van der Waals surface area contributed by atoms with E-state index < -0.39 is 12.1 Å². The molecule has 12 heteroatoms. The number of likely N-dealkylation sites (tertiary alicyclic amines) is 2. The van der Waals surface area contributed by atoms with E-state index in [0.717, 1.165) is 38.4 Å². The first kappa shape index (κ1) is 25.2. The number of carboxylic acids is 1. The summed E-state index contributed by atoms with van der Waals surface area (Å²) in [5.74, 6) is -2.15. The van der Waals surface area contributed by atoms with Gasteiger partial charge >= 0.3 is 18.2 Å². The number of rotatable bonds is 5. The molecule has 3 heterocycles. The Hall–Kier alpha value is -3.93. The number of para-hydroxylation sites is 1. The van der Waals surface area contributed by atoms with Crippen LogP contribution in [0.25, 0.3) is 5.69 Å². The molecule has 2 aromatic carbocycles. The minimum Gasteiger partial charge on any atom is -0.475 e. The highest BCUT2D eigenvalue weighted by Crippen LogP contribution is 2.40. The number of alkyl halides is 3. The van der Waals surface area contributed by atoms with Crippen molar-refractivity contribution in [2.45, 2.75) is 19.3 Å². The van der Waals surface area contributed by atoms with E-state index in [0.29, 0.717) is 17.8 Å². The molecule has 0 aliphatic carbocycles. The number of benzene rings is 2. The molecular weight excluding hydrogens is 477 g/mol. The predicted molar refractivity (Wildman–Crippen MR) is 123 cm³/mol. The lowest BCUT2D eigenvalue weighted by atomic mass is 9.73. The number of halogens is 3. The third-order valence-electron chi connectivity index (χ3n) is 5.91. The van der Waals surface area contributed by atoms with Crippen LogP contribution in [0.5, 0.6) is 0 Å². The maximum Gasteiger partial charge on any atom is 0.490 e. The average molecular weight is 502 g/mol. The van der Waals surface area contributed by atoms with E-state index in [9.17, 15) is 18.0 Å². The van der Waals surface area contributed by atoms with Gasteiger partial charge in [0.1, 0.15) is 6.33 Å². The molecule has 1 aromatic heterocycles. The van der Waals surface area contributed by atoms with E-state index >= 15 is 0 Å². The van der Waals surface area contributed by atoms with E-state index in [1.54, 1.807) is 11.0 Å². The summed E-state index contributed by atoms with van der Waals surface area (Å²) in [6.45, 7) is 5.11. The van der Waals surface area contributed by atoms with Gasteiger partial charge in [-0.2, -0.15) is 13.2 Å². The number of aromatic nitrogens is 3. The van der Waals surface area contributed by atoms with Crippen LogP contribution in [0.2, 0.25) is 0 Å². The molecule has 0 saturated carbocycles. The summed E-state index contributed by atoms with van der Waals surface area (Å²) in [5, 5.41) is 14.5. The third kappa shape index (κ3) is 6.19. The van der Waals surface area contributed by atoms with E-state index in [-0.39, 0.29) is 6.03 Å². The Balaban J connectivity index is 0.000000384. The van der Waals surface area contributed by atoms with Crippen molar-refractivity contribution in [1.29, 1.82) is 0 Å². The van der Waals surface area contributed by atoms with Gasteiger partial charge in [0.05, 0.1) is 12.2 Å². The molecule has 2 aliphatic rings. The normalized spacial score (nSPS) is 16.4. The first-order valence-corrected chi connectivity index (χ1v) is 11.2. The van der Waals surface area contributed by atoms with Crippen LogP contribution in [0.4, 0.5) is 18.0 Å². The molecule has 0 radical (unpaired) electrons. The van der Waals surface area contributed by atoms with Crippen molar-refractivity contribution in [1.82, 2.24) is 29.9 Å². The topological polar surface area (TPSA) is 104 Å². The van der Waals surface area contributed by atoms with Gasteiger partial charge in [0.15, 0.2) is 5.82 Å². The summed E-state index contributed by atoms with van der Waals surface area (Å²) >= 11 is 0. The second-order valence-electron chi connectivity index (χ2n) is 8.89. The number of nitrogens with zero attached hydrogens (tertiary/aromatic N) is 5. The lowest BCUT2D eigenvalue weighted by molar-refractivity contribution is -0.192. The molecule has 0 bridgehead atoms. The summed E-state index contributed by atoms with van der Waals surface area (Å²) in [7, 11) is 0. The number of carbonyl (C=O) groups is 2. The first-order chi connectivity index (χ1) is 17.1. The standard InChI is InChI=1S/C22H24N6O.C2HF3O2/c29-21(23-11-20-24-17-28(25-20)19-9-5-2-6-10-19)27-15-22(16-27)13-26(14-22)12-18-7-3-1-4-8-18;3-2(4,5)1(6)7/h1-10,17H,11-16H2,(H,23,29);(H,6,7). The lowest BCUT2D eigenvalue weighted by Gasteiger charge is -2.60. The zero-order chi connectivity index (χ0) is 25.8. The maximum absolute atomic E-state index is 12.4. The van der Waals surface area contributed by atoms with Gasteiger partial charge in [-0.25, -0.2) is 19.3 Å². The van der Waals surface area contributed by atoms with Crippen LogP contribution in [0, 0.1) is 5.41 Å². The SMILES string of the molecule is O=C(NCc1ncn(-c2ccccc2)n1)N1CC2(CN(Cc3ccccc3)C2)C1.O=C(O)C(F)(F)F. The molecule has 36 heavy (non-hydrogen) atoms. The van der Waals surface area contributed by atoms with E-state index in [1.165, 1.54) is 5.56 Å². The average Bonchev–Trinajstić information content (AvgIpc) is 3.28. The Morgan fingerprint density at radius 3 is 2.14 bits per heavy atom. The van der Waals surface area contributed by atoms with Crippen LogP contribution in [0.15, 0.2) is 67.0 Å². The molecular formula is C24H25F3N6O3. The molecule has 190 valence electrons. The van der Waals surface area contributed by atoms with Gasteiger partial charge in [-0.15, -0.1) is 5.10 Å². The van der Waals surface area contributed by atoms with Gasteiger partial charge in [0.25, 0.3) is 0 Å². The lowest BCUT2D eigenvalue weighted by Crippen LogP contribution is -2.73. The maximum atomic E-state index is 12.4. The van der Waals surface area contributed by atoms with Crippen LogP contribution in [-0.4, -0.2) is 74.0 Å². The largest absolute Gasteiger partial charge is 0.490 e. The van der Waals surface area contributed by atoms with Crippen molar-refractivity contribution in [2.24, 2.45) is 5.41 Å². The second-order valence-corrected chi connectivity index (χ2v) is 8.89. The number of carbonyl (C=O) groups excluding carboxylic acids is 1. The number of amides is 2. The minimum atomic E-state index is -5.08. The van der Waals surface area contributed by atoms with Crippen LogP contribution < -0.4 is 5.32 Å². The van der Waals surface area contributed by atoms with Crippen LogP contribution in [0.1, 0.15) is 11.4 Å². The summed E-state index contributed by atoms with van der Waals surface area (Å²) in [6.07, 6.45) is -3.41. The summed E-state index contributed by atoms with van der Waals surface area (Å²) in [6, 6.07) is 20.3. The quantitative estimate of drug-likeness (QED) is 0.556. The highest BCUT2D eigenvalue weighted by atomic mass is 19.4. The molecule has 2 fully saturated rings. The van der Waals surface area contributed by atoms with Gasteiger partial charge in [-0.1, -0.05) is 48.5 Å². The van der Waals surface area contributed by atoms with E-state index in [1.807, 2.05) is 41.3 Å². The molecule has 2 amide bonds. The summed E-state index contributed by atoms with van der Waals surface area (Å²) in [4.78, 5) is 29.9. The predicted octanol–water partition coefficient (Wildman–Crippen LogP) is 2.93. The number of aliphatic carboxylic acids is 1. The third-order valence-corrected chi connectivity index (χ3v) is 5.91. The minimum absolute atomic E-state index is 0.0341. The molecule has 9 nitrogen and oxygen atoms in total. The van der Waals surface area contributed by atoms with Gasteiger partial charge < -0.3 is 15.3 Å². The van der Waals surface area contributed by atoms with Crippen LogP contribution >= 0.6 is 0 Å². The van der Waals surface area contributed by atoms with Crippen LogP contribution in [0.3, 0.4) is 0 Å². The number of hydrogen-bond acceptors (Lipinski definition) is 5. The molecule has 3 aromatic rings. The number of urea groups is 1. The Morgan fingerprint density at radius 2 is 1.56 bits per heavy atom. The number of carboxylic acid groups (broad SMARTS) is 1. The van der Waals surface area contributed by atoms with Crippen molar-refractivity contribution in [3.05, 3.63) is 78.4 Å². The molecule has 2 N–H and O–H groups in total. The smallest absolute Gasteiger partial charge is 0.475 e. The molecule has 0 unspecified atom stereocenters. The summed E-state index contributed by atoms with van der Waals surface area (Å²) < 4.78 is 33.5. The zero-order valence-corrected chi connectivity index (χ0v) is 19.2. The van der Waals surface area contributed by atoms with Gasteiger partial charge in [0.2, 0.25) is 0 Å². The number of nitrogens with one attached hydrogen (secondary N) is 1. The fourth-order valence-corrected chi connectivity index (χ4v) is 4.31. The molecule has 0 atom stereocenters. The van der Waals surface area contributed by atoms with Gasteiger partial charge in [-0.05, 0) is 17.7 Å². The Bertz CT molecular complexity index is 1170.